The number of benzene rings is 1. The van der Waals surface area contributed by atoms with E-state index in [9.17, 15) is 0 Å². The zero-order valence-corrected chi connectivity index (χ0v) is 11.2. The molecular weight excluding hydrogens is 250 g/mol. The van der Waals surface area contributed by atoms with Gasteiger partial charge in [-0.2, -0.15) is 5.10 Å². The molecule has 0 amide bonds. The van der Waals surface area contributed by atoms with E-state index in [2.05, 4.69) is 22.2 Å². The molecule has 1 aromatic carbocycles. The van der Waals surface area contributed by atoms with E-state index in [-0.39, 0.29) is 0 Å². The van der Waals surface area contributed by atoms with Crippen LogP contribution in [-0.4, -0.2) is 21.9 Å². The van der Waals surface area contributed by atoms with Crippen molar-refractivity contribution in [2.45, 2.75) is 6.54 Å². The lowest BCUT2D eigenvalue weighted by molar-refractivity contribution is 0.399. The van der Waals surface area contributed by atoms with Gasteiger partial charge in [0.25, 0.3) is 0 Å². The molecule has 2 aromatic heterocycles. The number of methoxy groups -OCH3 is 1. The maximum Gasteiger partial charge on any atom is 0.221 e. The minimum atomic E-state index is 0.617. The highest BCUT2D eigenvalue weighted by molar-refractivity contribution is 5.66. The molecule has 3 rings (SSSR count). The van der Waals surface area contributed by atoms with E-state index in [1.54, 1.807) is 13.3 Å². The van der Waals surface area contributed by atoms with Crippen molar-refractivity contribution >= 4 is 0 Å². The summed E-state index contributed by atoms with van der Waals surface area (Å²) in [6, 6.07) is 14.1. The van der Waals surface area contributed by atoms with Gasteiger partial charge in [-0.1, -0.05) is 30.3 Å². The molecular formula is C16H15N3O. The van der Waals surface area contributed by atoms with E-state index in [4.69, 9.17) is 4.74 Å². The molecule has 0 aliphatic carbocycles. The lowest BCUT2D eigenvalue weighted by Crippen LogP contribution is -1.99. The van der Waals surface area contributed by atoms with Crippen molar-refractivity contribution in [1.29, 1.82) is 0 Å². The first kappa shape index (κ1) is 12.4. The summed E-state index contributed by atoms with van der Waals surface area (Å²) < 4.78 is 7.19. The van der Waals surface area contributed by atoms with E-state index in [1.807, 2.05) is 47.4 Å². The number of ether oxygens (including phenoxy) is 1. The van der Waals surface area contributed by atoms with Crippen molar-refractivity contribution in [3.8, 4) is 17.0 Å². The molecule has 0 N–H and O–H groups in total. The SMILES string of the molecule is COc1ncccc1-c1cnn(Cc2ccccc2)c1. The van der Waals surface area contributed by atoms with Gasteiger partial charge in [0, 0.05) is 23.5 Å². The third kappa shape index (κ3) is 2.54. The molecule has 4 heteroatoms. The molecule has 4 nitrogen and oxygen atoms in total. The number of rotatable bonds is 4. The molecule has 2 heterocycles. The number of pyridine rings is 1. The molecule has 0 saturated heterocycles. The van der Waals surface area contributed by atoms with Crippen molar-refractivity contribution in [3.05, 3.63) is 66.6 Å². The van der Waals surface area contributed by atoms with Crippen LogP contribution in [0.5, 0.6) is 5.88 Å². The lowest BCUT2D eigenvalue weighted by Gasteiger charge is -2.04. The third-order valence-electron chi connectivity index (χ3n) is 3.10. The molecule has 0 fully saturated rings. The van der Waals surface area contributed by atoms with E-state index in [1.165, 1.54) is 5.56 Å². The molecule has 0 aliphatic heterocycles. The minimum absolute atomic E-state index is 0.617. The molecule has 0 radical (unpaired) electrons. The summed E-state index contributed by atoms with van der Waals surface area (Å²) >= 11 is 0. The monoisotopic (exact) mass is 265 g/mol. The standard InChI is InChI=1S/C16H15N3O/c1-20-16-15(8-5-9-17-16)14-10-18-19(12-14)11-13-6-3-2-4-7-13/h2-10,12H,11H2,1H3. The van der Waals surface area contributed by atoms with E-state index in [0.29, 0.717) is 5.88 Å². The fourth-order valence-electron chi connectivity index (χ4n) is 2.13. The summed E-state index contributed by atoms with van der Waals surface area (Å²) in [6.45, 7) is 0.753. The van der Waals surface area contributed by atoms with Crippen molar-refractivity contribution in [2.24, 2.45) is 0 Å². The maximum atomic E-state index is 5.28. The van der Waals surface area contributed by atoms with Gasteiger partial charge in [-0.25, -0.2) is 4.98 Å². The van der Waals surface area contributed by atoms with Crippen molar-refractivity contribution < 1.29 is 4.74 Å². The average molecular weight is 265 g/mol. The minimum Gasteiger partial charge on any atom is -0.481 e. The van der Waals surface area contributed by atoms with Gasteiger partial charge in [0.05, 0.1) is 19.9 Å². The Bertz CT molecular complexity index is 692. The van der Waals surface area contributed by atoms with Crippen LogP contribution < -0.4 is 4.74 Å². The van der Waals surface area contributed by atoms with E-state index >= 15 is 0 Å². The molecule has 0 atom stereocenters. The summed E-state index contributed by atoms with van der Waals surface area (Å²) in [7, 11) is 1.63. The zero-order valence-electron chi connectivity index (χ0n) is 11.2. The Balaban J connectivity index is 1.87. The summed E-state index contributed by atoms with van der Waals surface area (Å²) in [5, 5.41) is 4.40. The summed E-state index contributed by atoms with van der Waals surface area (Å²) in [6.07, 6.45) is 5.56. The highest BCUT2D eigenvalue weighted by Gasteiger charge is 2.08. The van der Waals surface area contributed by atoms with Gasteiger partial charge < -0.3 is 4.74 Å². The number of aromatic nitrogens is 3. The zero-order chi connectivity index (χ0) is 13.8. The first-order valence-corrected chi connectivity index (χ1v) is 6.42. The Morgan fingerprint density at radius 2 is 1.95 bits per heavy atom. The molecule has 0 spiro atoms. The second kappa shape index (κ2) is 5.57. The Morgan fingerprint density at radius 3 is 2.75 bits per heavy atom. The molecule has 100 valence electrons. The second-order valence-electron chi connectivity index (χ2n) is 4.47. The van der Waals surface area contributed by atoms with Gasteiger partial charge in [0.2, 0.25) is 5.88 Å². The predicted octanol–water partition coefficient (Wildman–Crippen LogP) is 3.00. The number of hydrogen-bond acceptors (Lipinski definition) is 3. The van der Waals surface area contributed by atoms with Crippen LogP contribution in [0.15, 0.2) is 61.1 Å². The first-order valence-electron chi connectivity index (χ1n) is 6.42. The van der Waals surface area contributed by atoms with Crippen LogP contribution in [0.2, 0.25) is 0 Å². The van der Waals surface area contributed by atoms with E-state index in [0.717, 1.165) is 17.7 Å². The first-order chi connectivity index (χ1) is 9.86. The predicted molar refractivity (Wildman–Crippen MR) is 77.6 cm³/mol. The Morgan fingerprint density at radius 1 is 1.10 bits per heavy atom. The van der Waals surface area contributed by atoms with Gasteiger partial charge in [-0.15, -0.1) is 0 Å². The Hall–Kier alpha value is -2.62. The van der Waals surface area contributed by atoms with Gasteiger partial charge in [-0.3, -0.25) is 4.68 Å². The summed E-state index contributed by atoms with van der Waals surface area (Å²) in [5.41, 5.74) is 3.18. The van der Waals surface area contributed by atoms with Crippen molar-refractivity contribution in [1.82, 2.24) is 14.8 Å². The maximum absolute atomic E-state index is 5.28. The van der Waals surface area contributed by atoms with Crippen LogP contribution in [0.3, 0.4) is 0 Å². The Labute approximate surface area is 117 Å². The number of hydrogen-bond donors (Lipinski definition) is 0. The van der Waals surface area contributed by atoms with Gasteiger partial charge >= 0.3 is 0 Å². The van der Waals surface area contributed by atoms with Crippen LogP contribution in [0, 0.1) is 0 Å². The van der Waals surface area contributed by atoms with Crippen LogP contribution >= 0.6 is 0 Å². The quantitative estimate of drug-likeness (QED) is 0.728. The molecule has 3 aromatic rings. The molecule has 0 bridgehead atoms. The van der Waals surface area contributed by atoms with Crippen LogP contribution in [0.1, 0.15) is 5.56 Å². The lowest BCUT2D eigenvalue weighted by atomic mass is 10.1. The van der Waals surface area contributed by atoms with Gasteiger partial charge in [0.1, 0.15) is 0 Å². The smallest absolute Gasteiger partial charge is 0.221 e. The average Bonchev–Trinajstić information content (AvgIpc) is 2.96. The highest BCUT2D eigenvalue weighted by atomic mass is 16.5. The van der Waals surface area contributed by atoms with E-state index < -0.39 is 0 Å². The third-order valence-corrected chi connectivity index (χ3v) is 3.10. The fraction of sp³-hybridized carbons (Fsp3) is 0.125. The summed E-state index contributed by atoms with van der Waals surface area (Å²) in [5.74, 6) is 0.617. The molecule has 0 aliphatic rings. The molecule has 20 heavy (non-hydrogen) atoms. The summed E-state index contributed by atoms with van der Waals surface area (Å²) in [4.78, 5) is 4.21. The van der Waals surface area contributed by atoms with Crippen LogP contribution in [0.25, 0.3) is 11.1 Å². The Kier molecular flexibility index (Phi) is 3.46. The van der Waals surface area contributed by atoms with Crippen LogP contribution in [0.4, 0.5) is 0 Å². The fourth-order valence-corrected chi connectivity index (χ4v) is 2.13. The topological polar surface area (TPSA) is 39.9 Å². The highest BCUT2D eigenvalue weighted by Crippen LogP contribution is 2.26. The second-order valence-corrected chi connectivity index (χ2v) is 4.47. The van der Waals surface area contributed by atoms with Gasteiger partial charge in [0.15, 0.2) is 0 Å². The number of nitrogens with zero attached hydrogens (tertiary/aromatic N) is 3. The van der Waals surface area contributed by atoms with Crippen molar-refractivity contribution in [2.75, 3.05) is 7.11 Å². The van der Waals surface area contributed by atoms with Crippen LogP contribution in [-0.2, 0) is 6.54 Å². The van der Waals surface area contributed by atoms with Gasteiger partial charge in [-0.05, 0) is 17.7 Å². The normalized spacial score (nSPS) is 10.4. The molecule has 0 unspecified atom stereocenters. The largest absolute Gasteiger partial charge is 0.481 e. The van der Waals surface area contributed by atoms with Crippen molar-refractivity contribution in [3.63, 3.8) is 0 Å². The molecule has 0 saturated carbocycles.